The zero-order chi connectivity index (χ0) is 11.5. The van der Waals surface area contributed by atoms with Gasteiger partial charge in [-0.2, -0.15) is 0 Å². The van der Waals surface area contributed by atoms with Crippen molar-refractivity contribution in [2.75, 3.05) is 13.2 Å². The highest BCUT2D eigenvalue weighted by Gasteiger charge is 2.23. The first-order valence-corrected chi connectivity index (χ1v) is 6.18. The summed E-state index contributed by atoms with van der Waals surface area (Å²) in [4.78, 5) is 0. The average molecular weight is 289 g/mol. The second kappa shape index (κ2) is 5.25. The third kappa shape index (κ3) is 2.62. The minimum atomic E-state index is -0.527. The SMILES string of the molecule is OC(c1ccc(F)c(Br)c1)C1CCOCC1. The van der Waals surface area contributed by atoms with Crippen molar-refractivity contribution in [2.45, 2.75) is 18.9 Å². The molecule has 88 valence electrons. The number of benzene rings is 1. The van der Waals surface area contributed by atoms with Gasteiger partial charge in [-0.15, -0.1) is 0 Å². The van der Waals surface area contributed by atoms with Gasteiger partial charge in [0.25, 0.3) is 0 Å². The molecule has 1 aromatic rings. The molecule has 16 heavy (non-hydrogen) atoms. The van der Waals surface area contributed by atoms with Gasteiger partial charge in [-0.05, 0) is 52.4 Å². The van der Waals surface area contributed by atoms with Gasteiger partial charge in [-0.1, -0.05) is 6.07 Å². The lowest BCUT2D eigenvalue weighted by Crippen LogP contribution is -2.22. The molecule has 0 bridgehead atoms. The minimum Gasteiger partial charge on any atom is -0.388 e. The summed E-state index contributed by atoms with van der Waals surface area (Å²) in [6, 6.07) is 4.66. The number of hydrogen-bond acceptors (Lipinski definition) is 2. The number of halogens is 2. The highest BCUT2D eigenvalue weighted by molar-refractivity contribution is 9.10. The van der Waals surface area contributed by atoms with Crippen LogP contribution >= 0.6 is 15.9 Å². The van der Waals surface area contributed by atoms with E-state index in [0.29, 0.717) is 17.7 Å². The molecule has 1 N–H and O–H groups in total. The molecule has 4 heteroatoms. The Bertz CT molecular complexity index is 364. The molecule has 1 unspecified atom stereocenters. The first-order chi connectivity index (χ1) is 7.68. The maximum Gasteiger partial charge on any atom is 0.137 e. The molecule has 2 nitrogen and oxygen atoms in total. The van der Waals surface area contributed by atoms with Crippen LogP contribution in [0.3, 0.4) is 0 Å². The molecular formula is C12H14BrFO2. The molecule has 1 aliphatic rings. The van der Waals surface area contributed by atoms with Crippen LogP contribution in [0.4, 0.5) is 4.39 Å². The monoisotopic (exact) mass is 288 g/mol. The molecular weight excluding hydrogens is 275 g/mol. The van der Waals surface area contributed by atoms with Gasteiger partial charge in [0, 0.05) is 13.2 Å². The largest absolute Gasteiger partial charge is 0.388 e. The van der Waals surface area contributed by atoms with E-state index in [1.54, 1.807) is 12.1 Å². The number of hydrogen-bond donors (Lipinski definition) is 1. The summed E-state index contributed by atoms with van der Waals surface area (Å²) >= 11 is 3.13. The van der Waals surface area contributed by atoms with Crippen molar-refractivity contribution in [3.05, 3.63) is 34.1 Å². The van der Waals surface area contributed by atoms with Crippen LogP contribution in [0.15, 0.2) is 22.7 Å². The number of aliphatic hydroxyl groups is 1. The van der Waals surface area contributed by atoms with Crippen LogP contribution in [0.1, 0.15) is 24.5 Å². The lowest BCUT2D eigenvalue weighted by atomic mass is 9.89. The zero-order valence-corrected chi connectivity index (χ0v) is 10.4. The van der Waals surface area contributed by atoms with Crippen molar-refractivity contribution < 1.29 is 14.2 Å². The fourth-order valence-electron chi connectivity index (χ4n) is 2.00. The van der Waals surface area contributed by atoms with Gasteiger partial charge in [0.1, 0.15) is 5.82 Å². The van der Waals surface area contributed by atoms with Gasteiger partial charge >= 0.3 is 0 Å². The Morgan fingerprint density at radius 1 is 1.38 bits per heavy atom. The van der Waals surface area contributed by atoms with E-state index < -0.39 is 6.10 Å². The fraction of sp³-hybridized carbons (Fsp3) is 0.500. The zero-order valence-electron chi connectivity index (χ0n) is 8.83. The van der Waals surface area contributed by atoms with Crippen LogP contribution < -0.4 is 0 Å². The molecule has 1 aliphatic heterocycles. The Labute approximate surface area is 103 Å². The minimum absolute atomic E-state index is 0.214. The average Bonchev–Trinajstić information content (AvgIpc) is 2.33. The van der Waals surface area contributed by atoms with E-state index in [0.717, 1.165) is 18.4 Å². The number of rotatable bonds is 2. The quantitative estimate of drug-likeness (QED) is 0.906. The molecule has 0 saturated carbocycles. The van der Waals surface area contributed by atoms with E-state index in [2.05, 4.69) is 15.9 Å². The first-order valence-electron chi connectivity index (χ1n) is 5.39. The molecule has 0 aliphatic carbocycles. The maximum absolute atomic E-state index is 13.1. The van der Waals surface area contributed by atoms with Crippen LogP contribution in [-0.2, 0) is 4.74 Å². The van der Waals surface area contributed by atoms with Gasteiger partial charge in [-0.3, -0.25) is 0 Å². The Morgan fingerprint density at radius 2 is 2.06 bits per heavy atom. The van der Waals surface area contributed by atoms with Gasteiger partial charge in [0.15, 0.2) is 0 Å². The second-order valence-corrected chi connectivity index (χ2v) is 4.92. The smallest absolute Gasteiger partial charge is 0.137 e. The summed E-state index contributed by atoms with van der Waals surface area (Å²) in [6.45, 7) is 1.40. The molecule has 1 saturated heterocycles. The summed E-state index contributed by atoms with van der Waals surface area (Å²) in [5.41, 5.74) is 0.764. The molecule has 2 rings (SSSR count). The van der Waals surface area contributed by atoms with Crippen molar-refractivity contribution in [3.63, 3.8) is 0 Å². The molecule has 1 heterocycles. The van der Waals surface area contributed by atoms with Crippen LogP contribution in [-0.4, -0.2) is 18.3 Å². The Hall–Kier alpha value is -0.450. The van der Waals surface area contributed by atoms with E-state index >= 15 is 0 Å². The summed E-state index contributed by atoms with van der Waals surface area (Å²) in [7, 11) is 0. The van der Waals surface area contributed by atoms with Crippen LogP contribution in [0.25, 0.3) is 0 Å². The van der Waals surface area contributed by atoms with E-state index in [-0.39, 0.29) is 11.7 Å². The van der Waals surface area contributed by atoms with Crippen LogP contribution in [0.2, 0.25) is 0 Å². The number of ether oxygens (including phenoxy) is 1. The molecule has 0 spiro atoms. The third-order valence-corrected chi connectivity index (χ3v) is 3.61. The second-order valence-electron chi connectivity index (χ2n) is 4.07. The maximum atomic E-state index is 13.1. The van der Waals surface area contributed by atoms with Crippen molar-refractivity contribution in [1.82, 2.24) is 0 Å². The lowest BCUT2D eigenvalue weighted by molar-refractivity contribution is 0.00714. The van der Waals surface area contributed by atoms with Crippen molar-refractivity contribution in [1.29, 1.82) is 0 Å². The van der Waals surface area contributed by atoms with E-state index in [1.807, 2.05) is 0 Å². The normalized spacial score (nSPS) is 19.7. The summed E-state index contributed by atoms with van der Waals surface area (Å²) < 4.78 is 18.7. The van der Waals surface area contributed by atoms with E-state index in [4.69, 9.17) is 4.74 Å². The van der Waals surface area contributed by atoms with E-state index in [9.17, 15) is 9.50 Å². The van der Waals surface area contributed by atoms with Gasteiger partial charge in [0.05, 0.1) is 10.6 Å². The Balaban J connectivity index is 2.12. The van der Waals surface area contributed by atoms with Crippen molar-refractivity contribution in [2.24, 2.45) is 5.92 Å². The van der Waals surface area contributed by atoms with Gasteiger partial charge in [-0.25, -0.2) is 4.39 Å². The third-order valence-electron chi connectivity index (χ3n) is 3.00. The van der Waals surface area contributed by atoms with Gasteiger partial charge < -0.3 is 9.84 Å². The van der Waals surface area contributed by atoms with Crippen LogP contribution in [0.5, 0.6) is 0 Å². The summed E-state index contributed by atoms with van der Waals surface area (Å²) in [6.07, 6.45) is 1.19. The lowest BCUT2D eigenvalue weighted by Gasteiger charge is -2.27. The highest BCUT2D eigenvalue weighted by atomic mass is 79.9. The molecule has 0 radical (unpaired) electrons. The molecule has 0 aromatic heterocycles. The highest BCUT2D eigenvalue weighted by Crippen LogP contribution is 2.31. The van der Waals surface area contributed by atoms with E-state index in [1.165, 1.54) is 6.07 Å². The van der Waals surface area contributed by atoms with Crippen LogP contribution in [0, 0.1) is 11.7 Å². The van der Waals surface area contributed by atoms with Gasteiger partial charge in [0.2, 0.25) is 0 Å². The molecule has 0 amide bonds. The summed E-state index contributed by atoms with van der Waals surface area (Å²) in [5.74, 6) is -0.0889. The standard InChI is InChI=1S/C12H14BrFO2/c13-10-7-9(1-2-11(10)14)12(15)8-3-5-16-6-4-8/h1-2,7-8,12,15H,3-6H2. The number of aliphatic hydroxyl groups excluding tert-OH is 1. The predicted octanol–water partition coefficient (Wildman–Crippen LogP) is 3.05. The molecule has 1 aromatic carbocycles. The molecule has 1 fully saturated rings. The Kier molecular flexibility index (Phi) is 3.95. The topological polar surface area (TPSA) is 29.5 Å². The Morgan fingerprint density at radius 3 is 2.69 bits per heavy atom. The summed E-state index contributed by atoms with van der Waals surface area (Å²) in [5, 5.41) is 10.2. The fourth-order valence-corrected chi connectivity index (χ4v) is 2.40. The molecule has 1 atom stereocenters. The van der Waals surface area contributed by atoms with Crippen molar-refractivity contribution in [3.8, 4) is 0 Å². The predicted molar refractivity (Wildman–Crippen MR) is 62.6 cm³/mol. The first kappa shape index (κ1) is 12.0. The van der Waals surface area contributed by atoms with Crippen molar-refractivity contribution >= 4 is 15.9 Å².